The maximum atomic E-state index is 13.4. The van der Waals surface area contributed by atoms with Crippen LogP contribution in [-0.2, 0) is 13.2 Å². The fraction of sp³-hybridized carbons (Fsp3) is 0.276. The molecule has 0 spiro atoms. The zero-order chi connectivity index (χ0) is 25.1. The lowest BCUT2D eigenvalue weighted by atomic mass is 9.98. The summed E-state index contributed by atoms with van der Waals surface area (Å²) in [6, 6.07) is 20.3. The SMILES string of the molecule is CC(C)c1ccc(COc2ccc(-c3c(-c4ccncc4)nn4c3C(=O)N(CCN)CC4)cc2)cc1. The van der Waals surface area contributed by atoms with E-state index in [4.69, 9.17) is 15.6 Å². The smallest absolute Gasteiger partial charge is 0.272 e. The van der Waals surface area contributed by atoms with Gasteiger partial charge in [-0.05, 0) is 46.9 Å². The summed E-state index contributed by atoms with van der Waals surface area (Å²) in [6.45, 7) is 7.07. The first kappa shape index (κ1) is 23.8. The molecule has 0 saturated carbocycles. The number of hydrogen-bond acceptors (Lipinski definition) is 5. The van der Waals surface area contributed by atoms with Gasteiger partial charge in [0.25, 0.3) is 5.91 Å². The second kappa shape index (κ2) is 10.3. The molecular weight excluding hydrogens is 450 g/mol. The second-order valence-corrected chi connectivity index (χ2v) is 9.32. The molecule has 7 heteroatoms. The number of fused-ring (bicyclic) bond motifs is 1. The van der Waals surface area contributed by atoms with Gasteiger partial charge in [-0.1, -0.05) is 50.2 Å². The Labute approximate surface area is 211 Å². The quantitative estimate of drug-likeness (QED) is 0.393. The molecule has 1 aliphatic heterocycles. The second-order valence-electron chi connectivity index (χ2n) is 9.32. The molecule has 0 atom stereocenters. The van der Waals surface area contributed by atoms with Crippen LogP contribution in [0.2, 0.25) is 0 Å². The van der Waals surface area contributed by atoms with Crippen molar-refractivity contribution < 1.29 is 9.53 Å². The molecule has 4 aromatic rings. The average molecular weight is 482 g/mol. The Morgan fingerprint density at radius 3 is 2.33 bits per heavy atom. The molecule has 3 heterocycles. The van der Waals surface area contributed by atoms with E-state index in [9.17, 15) is 4.79 Å². The molecule has 184 valence electrons. The van der Waals surface area contributed by atoms with Crippen molar-refractivity contribution in [1.82, 2.24) is 19.7 Å². The van der Waals surface area contributed by atoms with E-state index in [0.717, 1.165) is 33.7 Å². The van der Waals surface area contributed by atoms with Crippen LogP contribution in [0.15, 0.2) is 73.1 Å². The monoisotopic (exact) mass is 481 g/mol. The number of carbonyl (C=O) groups excluding carboxylic acids is 1. The van der Waals surface area contributed by atoms with Gasteiger partial charge in [0, 0.05) is 43.2 Å². The number of hydrogen-bond donors (Lipinski definition) is 1. The van der Waals surface area contributed by atoms with Crippen LogP contribution in [-0.4, -0.2) is 45.2 Å². The number of nitrogens with zero attached hydrogens (tertiary/aromatic N) is 4. The van der Waals surface area contributed by atoms with E-state index in [-0.39, 0.29) is 5.91 Å². The van der Waals surface area contributed by atoms with Gasteiger partial charge in [0.05, 0.1) is 6.54 Å². The summed E-state index contributed by atoms with van der Waals surface area (Å²) < 4.78 is 7.87. The number of pyridine rings is 1. The highest BCUT2D eigenvalue weighted by Crippen LogP contribution is 2.37. The Bertz CT molecular complexity index is 1330. The van der Waals surface area contributed by atoms with Crippen LogP contribution in [0.3, 0.4) is 0 Å². The van der Waals surface area contributed by atoms with E-state index in [1.54, 1.807) is 17.3 Å². The van der Waals surface area contributed by atoms with Crippen molar-refractivity contribution in [1.29, 1.82) is 0 Å². The van der Waals surface area contributed by atoms with Crippen molar-refractivity contribution >= 4 is 5.91 Å². The topological polar surface area (TPSA) is 86.3 Å². The van der Waals surface area contributed by atoms with E-state index in [0.29, 0.717) is 44.4 Å². The first-order valence-electron chi connectivity index (χ1n) is 12.4. The molecule has 2 aromatic heterocycles. The summed E-state index contributed by atoms with van der Waals surface area (Å²) in [4.78, 5) is 19.4. The minimum Gasteiger partial charge on any atom is -0.489 e. The first-order valence-corrected chi connectivity index (χ1v) is 12.4. The molecule has 0 unspecified atom stereocenters. The molecule has 1 amide bonds. The van der Waals surface area contributed by atoms with Crippen LogP contribution in [0.5, 0.6) is 5.75 Å². The standard InChI is InChI=1S/C29H31N5O2/c1-20(2)22-5-3-21(4-6-22)19-36-25-9-7-23(8-10-25)26-27(24-11-14-31-15-12-24)32-34-18-17-33(16-13-30)29(35)28(26)34/h3-12,14-15,20H,13,16-19,30H2,1-2H3. The molecule has 0 aliphatic carbocycles. The summed E-state index contributed by atoms with van der Waals surface area (Å²) in [7, 11) is 0. The molecule has 2 N–H and O–H groups in total. The van der Waals surface area contributed by atoms with Gasteiger partial charge in [0.15, 0.2) is 0 Å². The Balaban J connectivity index is 1.44. The van der Waals surface area contributed by atoms with Crippen molar-refractivity contribution in [3.8, 4) is 28.1 Å². The van der Waals surface area contributed by atoms with Crippen molar-refractivity contribution in [2.24, 2.45) is 5.73 Å². The molecule has 1 aliphatic rings. The Morgan fingerprint density at radius 2 is 1.67 bits per heavy atom. The molecule has 36 heavy (non-hydrogen) atoms. The number of nitrogens with two attached hydrogens (primary N) is 1. The molecular formula is C29H31N5O2. The number of benzene rings is 2. The van der Waals surface area contributed by atoms with E-state index >= 15 is 0 Å². The van der Waals surface area contributed by atoms with Crippen LogP contribution < -0.4 is 10.5 Å². The van der Waals surface area contributed by atoms with Gasteiger partial charge >= 0.3 is 0 Å². The molecule has 0 radical (unpaired) electrons. The van der Waals surface area contributed by atoms with Crippen LogP contribution in [0.25, 0.3) is 22.4 Å². The van der Waals surface area contributed by atoms with Gasteiger partial charge in [0.2, 0.25) is 0 Å². The highest BCUT2D eigenvalue weighted by molar-refractivity contribution is 6.03. The van der Waals surface area contributed by atoms with Gasteiger partial charge < -0.3 is 15.4 Å². The highest BCUT2D eigenvalue weighted by atomic mass is 16.5. The third kappa shape index (κ3) is 4.75. The van der Waals surface area contributed by atoms with Crippen LogP contribution in [0, 0.1) is 0 Å². The number of ether oxygens (including phenoxy) is 1. The van der Waals surface area contributed by atoms with Crippen LogP contribution in [0.1, 0.15) is 41.4 Å². The Hall–Kier alpha value is -3.97. The lowest BCUT2D eigenvalue weighted by Gasteiger charge is -2.27. The van der Waals surface area contributed by atoms with E-state index in [2.05, 4.69) is 43.1 Å². The minimum absolute atomic E-state index is 0.0420. The van der Waals surface area contributed by atoms with E-state index < -0.39 is 0 Å². The largest absolute Gasteiger partial charge is 0.489 e. The lowest BCUT2D eigenvalue weighted by Crippen LogP contribution is -2.43. The van der Waals surface area contributed by atoms with Gasteiger partial charge in [-0.25, -0.2) is 0 Å². The van der Waals surface area contributed by atoms with Crippen molar-refractivity contribution in [3.05, 3.63) is 89.9 Å². The molecule has 0 fully saturated rings. The number of amides is 1. The van der Waals surface area contributed by atoms with E-state index in [1.165, 1.54) is 5.56 Å². The minimum atomic E-state index is -0.0420. The summed E-state index contributed by atoms with van der Waals surface area (Å²) in [5, 5.41) is 4.84. The first-order chi connectivity index (χ1) is 17.5. The molecule has 0 bridgehead atoms. The van der Waals surface area contributed by atoms with Crippen LogP contribution >= 0.6 is 0 Å². The Morgan fingerprint density at radius 1 is 0.944 bits per heavy atom. The fourth-order valence-corrected chi connectivity index (χ4v) is 4.55. The van der Waals surface area contributed by atoms with Gasteiger partial charge in [-0.2, -0.15) is 5.10 Å². The molecule has 5 rings (SSSR count). The van der Waals surface area contributed by atoms with Crippen molar-refractivity contribution in [3.63, 3.8) is 0 Å². The van der Waals surface area contributed by atoms with Gasteiger partial charge in [0.1, 0.15) is 23.7 Å². The van der Waals surface area contributed by atoms with Gasteiger partial charge in [-0.15, -0.1) is 0 Å². The highest BCUT2D eigenvalue weighted by Gasteiger charge is 2.32. The summed E-state index contributed by atoms with van der Waals surface area (Å²) in [6.07, 6.45) is 3.48. The summed E-state index contributed by atoms with van der Waals surface area (Å²) in [5.74, 6) is 1.24. The average Bonchev–Trinajstić information content (AvgIpc) is 3.31. The number of rotatable bonds is 8. The number of carbonyl (C=O) groups is 1. The number of aromatic nitrogens is 3. The zero-order valence-corrected chi connectivity index (χ0v) is 20.7. The van der Waals surface area contributed by atoms with Crippen LogP contribution in [0.4, 0.5) is 0 Å². The van der Waals surface area contributed by atoms with Crippen molar-refractivity contribution in [2.75, 3.05) is 19.6 Å². The third-order valence-electron chi connectivity index (χ3n) is 6.57. The predicted molar refractivity (Wildman–Crippen MR) is 141 cm³/mol. The molecule has 0 saturated heterocycles. The van der Waals surface area contributed by atoms with Gasteiger partial charge in [-0.3, -0.25) is 14.5 Å². The van der Waals surface area contributed by atoms with E-state index in [1.807, 2.05) is 41.1 Å². The Kier molecular flexibility index (Phi) is 6.82. The maximum Gasteiger partial charge on any atom is 0.272 e. The van der Waals surface area contributed by atoms with Crippen molar-refractivity contribution in [2.45, 2.75) is 32.9 Å². The summed E-state index contributed by atoms with van der Waals surface area (Å²) >= 11 is 0. The molecule has 7 nitrogen and oxygen atoms in total. The predicted octanol–water partition coefficient (Wildman–Crippen LogP) is 4.73. The zero-order valence-electron chi connectivity index (χ0n) is 20.7. The third-order valence-corrected chi connectivity index (χ3v) is 6.57. The summed E-state index contributed by atoms with van der Waals surface area (Å²) in [5.41, 5.74) is 12.2. The fourth-order valence-electron chi connectivity index (χ4n) is 4.55. The normalized spacial score (nSPS) is 13.2. The maximum absolute atomic E-state index is 13.4. The molecule has 2 aromatic carbocycles. The lowest BCUT2D eigenvalue weighted by molar-refractivity contribution is 0.0704.